The first-order chi connectivity index (χ1) is 14.4. The molecule has 0 amide bonds. The maximum absolute atomic E-state index is 12.6. The molecule has 6 nitrogen and oxygen atoms in total. The fraction of sp³-hybridized carbons (Fsp3) is 0.429. The Morgan fingerprint density at radius 3 is 2.97 bits per heavy atom. The smallest absolute Gasteiger partial charge is 0.277 e. The van der Waals surface area contributed by atoms with Crippen LogP contribution in [0.4, 0.5) is 0 Å². The summed E-state index contributed by atoms with van der Waals surface area (Å²) in [6, 6.07) is 2.20. The zero-order valence-corrected chi connectivity index (χ0v) is 19.7. The van der Waals surface area contributed by atoms with Gasteiger partial charge in [0.25, 0.3) is 16.7 Å². The fourth-order valence-corrected chi connectivity index (χ4v) is 6.75. The van der Waals surface area contributed by atoms with Gasteiger partial charge in [-0.15, -0.1) is 32.9 Å². The molecule has 0 fully saturated rings. The summed E-state index contributed by atoms with van der Waals surface area (Å²) in [5.41, 5.74) is 2.34. The molecule has 1 aliphatic rings. The Balaban J connectivity index is 1.38. The number of nitrogens with zero attached hydrogens (tertiary/aromatic N) is 3. The summed E-state index contributed by atoms with van der Waals surface area (Å²) in [7, 11) is 0. The van der Waals surface area contributed by atoms with Gasteiger partial charge in [-0.05, 0) is 63.1 Å². The molecule has 4 heterocycles. The summed E-state index contributed by atoms with van der Waals surface area (Å²) in [6.07, 6.45) is 3.51. The van der Waals surface area contributed by atoms with E-state index in [-0.39, 0.29) is 10.8 Å². The van der Waals surface area contributed by atoms with Gasteiger partial charge in [0.1, 0.15) is 10.7 Å². The van der Waals surface area contributed by atoms with Gasteiger partial charge in [0.2, 0.25) is 0 Å². The number of aryl methyl sites for hydroxylation is 3. The second kappa shape index (κ2) is 7.62. The van der Waals surface area contributed by atoms with Crippen LogP contribution in [0, 0.1) is 19.8 Å². The van der Waals surface area contributed by atoms with Gasteiger partial charge in [0.15, 0.2) is 0 Å². The van der Waals surface area contributed by atoms with Crippen LogP contribution in [-0.2, 0) is 12.8 Å². The first-order valence-electron chi connectivity index (χ1n) is 10.0. The second-order valence-corrected chi connectivity index (χ2v) is 11.6. The minimum absolute atomic E-state index is 0.0890. The Morgan fingerprint density at radius 2 is 2.13 bits per heavy atom. The van der Waals surface area contributed by atoms with Crippen LogP contribution in [0.25, 0.3) is 21.0 Å². The monoisotopic (exact) mass is 458 g/mol. The average Bonchev–Trinajstić information content (AvgIpc) is 3.39. The number of H-pyrrole nitrogens is 1. The van der Waals surface area contributed by atoms with Crippen LogP contribution >= 0.6 is 34.4 Å². The summed E-state index contributed by atoms with van der Waals surface area (Å²) < 4.78 is 5.94. The molecule has 156 valence electrons. The number of fused-ring (bicyclic) bond motifs is 2. The molecule has 4 aromatic rings. The van der Waals surface area contributed by atoms with E-state index in [0.717, 1.165) is 38.9 Å². The molecule has 2 atom stereocenters. The van der Waals surface area contributed by atoms with E-state index < -0.39 is 0 Å². The molecule has 0 aromatic carbocycles. The normalized spacial score (nSPS) is 17.4. The average molecular weight is 459 g/mol. The van der Waals surface area contributed by atoms with E-state index in [4.69, 9.17) is 4.42 Å². The van der Waals surface area contributed by atoms with Crippen LogP contribution in [-0.4, -0.2) is 20.2 Å². The van der Waals surface area contributed by atoms with Crippen molar-refractivity contribution in [3.05, 3.63) is 43.1 Å². The van der Waals surface area contributed by atoms with Crippen molar-refractivity contribution in [2.24, 2.45) is 5.92 Å². The summed E-state index contributed by atoms with van der Waals surface area (Å²) in [4.78, 5) is 24.6. The van der Waals surface area contributed by atoms with Crippen molar-refractivity contribution in [1.82, 2.24) is 20.2 Å². The molecule has 0 spiro atoms. The maximum Gasteiger partial charge on any atom is 0.277 e. The number of aromatic nitrogens is 4. The fourth-order valence-electron chi connectivity index (χ4n) is 3.84. The molecule has 0 aliphatic heterocycles. The Morgan fingerprint density at radius 1 is 1.30 bits per heavy atom. The zero-order chi connectivity index (χ0) is 21.0. The molecule has 0 saturated heterocycles. The summed E-state index contributed by atoms with van der Waals surface area (Å²) in [5.74, 6) is 1.93. The van der Waals surface area contributed by atoms with Crippen LogP contribution in [0.1, 0.15) is 52.2 Å². The van der Waals surface area contributed by atoms with Crippen molar-refractivity contribution in [2.75, 3.05) is 0 Å². The lowest BCUT2D eigenvalue weighted by atomic mass is 9.90. The van der Waals surface area contributed by atoms with Crippen molar-refractivity contribution < 1.29 is 4.42 Å². The van der Waals surface area contributed by atoms with Crippen LogP contribution < -0.4 is 5.56 Å². The van der Waals surface area contributed by atoms with Gasteiger partial charge < -0.3 is 9.40 Å². The van der Waals surface area contributed by atoms with Crippen LogP contribution in [0.15, 0.2) is 20.5 Å². The predicted molar refractivity (Wildman–Crippen MR) is 123 cm³/mol. The third-order valence-corrected chi connectivity index (χ3v) is 8.94. The maximum atomic E-state index is 12.6. The number of rotatable bonds is 4. The highest BCUT2D eigenvalue weighted by molar-refractivity contribution is 7.99. The number of aromatic amines is 1. The number of hydrogen-bond donors (Lipinski definition) is 1. The Labute approximate surface area is 186 Å². The van der Waals surface area contributed by atoms with E-state index >= 15 is 0 Å². The second-order valence-electron chi connectivity index (χ2n) is 7.95. The van der Waals surface area contributed by atoms with E-state index in [1.807, 2.05) is 20.8 Å². The Kier molecular flexibility index (Phi) is 5.07. The Bertz CT molecular complexity index is 1300. The number of thioether (sulfide) groups is 1. The topological polar surface area (TPSA) is 84.7 Å². The highest BCUT2D eigenvalue weighted by atomic mass is 32.2. The van der Waals surface area contributed by atoms with Crippen LogP contribution in [0.3, 0.4) is 0 Å². The molecule has 30 heavy (non-hydrogen) atoms. The first kappa shape index (κ1) is 20.0. The largest absolute Gasteiger partial charge is 0.410 e. The number of hydrogen-bond acceptors (Lipinski definition) is 8. The standard InChI is InChI=1S/C21H22N4O2S3/c1-9-5-6-14-13(7-9)8-15(30-14)19-24-25-21(27-19)29-12(4)17-22-18(26)16-10(2)11(3)28-20(16)23-17/h8-9,12H,5-7H2,1-4H3,(H,22,23,26)/t9-,12+/m1/s1. The van der Waals surface area contributed by atoms with Gasteiger partial charge in [-0.1, -0.05) is 18.7 Å². The van der Waals surface area contributed by atoms with Crippen molar-refractivity contribution in [2.45, 2.75) is 57.4 Å². The Hall–Kier alpha value is -1.97. The lowest BCUT2D eigenvalue weighted by Crippen LogP contribution is -2.12. The molecule has 0 radical (unpaired) electrons. The van der Waals surface area contributed by atoms with Gasteiger partial charge in [-0.25, -0.2) is 4.98 Å². The van der Waals surface area contributed by atoms with E-state index in [2.05, 4.69) is 33.2 Å². The van der Waals surface area contributed by atoms with Gasteiger partial charge in [-0.2, -0.15) is 0 Å². The van der Waals surface area contributed by atoms with E-state index in [1.165, 1.54) is 28.6 Å². The summed E-state index contributed by atoms with van der Waals surface area (Å²) in [6.45, 7) is 8.27. The van der Waals surface area contributed by atoms with Gasteiger partial charge in [0, 0.05) is 9.75 Å². The van der Waals surface area contributed by atoms with Gasteiger partial charge in [0.05, 0.1) is 15.5 Å². The van der Waals surface area contributed by atoms with Gasteiger partial charge >= 0.3 is 0 Å². The molecule has 9 heteroatoms. The van der Waals surface area contributed by atoms with E-state index in [9.17, 15) is 4.79 Å². The molecule has 1 N–H and O–H groups in total. The predicted octanol–water partition coefficient (Wildman–Crippen LogP) is 5.69. The molecule has 0 bridgehead atoms. The number of nitrogens with one attached hydrogen (secondary N) is 1. The highest BCUT2D eigenvalue weighted by Gasteiger charge is 2.22. The lowest BCUT2D eigenvalue weighted by Gasteiger charge is -2.16. The van der Waals surface area contributed by atoms with Crippen molar-refractivity contribution in [3.8, 4) is 10.8 Å². The first-order valence-corrected chi connectivity index (χ1v) is 12.5. The molecule has 0 saturated carbocycles. The van der Waals surface area contributed by atoms with Crippen LogP contribution in [0.2, 0.25) is 0 Å². The molecular weight excluding hydrogens is 436 g/mol. The molecule has 4 aromatic heterocycles. The molecule has 0 unspecified atom stereocenters. The van der Waals surface area contributed by atoms with Crippen LogP contribution in [0.5, 0.6) is 0 Å². The highest BCUT2D eigenvalue weighted by Crippen LogP contribution is 2.39. The zero-order valence-electron chi connectivity index (χ0n) is 17.2. The molecular formula is C21H22N4O2S3. The van der Waals surface area contributed by atoms with Crippen molar-refractivity contribution >= 4 is 44.7 Å². The van der Waals surface area contributed by atoms with E-state index in [0.29, 0.717) is 22.3 Å². The minimum Gasteiger partial charge on any atom is -0.410 e. The van der Waals surface area contributed by atoms with Crippen molar-refractivity contribution in [3.63, 3.8) is 0 Å². The molecule has 5 rings (SSSR count). The lowest BCUT2D eigenvalue weighted by molar-refractivity contribution is 0.465. The molecule has 1 aliphatic carbocycles. The van der Waals surface area contributed by atoms with Gasteiger partial charge in [-0.3, -0.25) is 4.79 Å². The van der Waals surface area contributed by atoms with E-state index in [1.54, 1.807) is 22.7 Å². The van der Waals surface area contributed by atoms with Crippen molar-refractivity contribution in [1.29, 1.82) is 0 Å². The summed E-state index contributed by atoms with van der Waals surface area (Å²) >= 11 is 4.73. The summed E-state index contributed by atoms with van der Waals surface area (Å²) in [5, 5.41) is 9.54. The third-order valence-electron chi connectivity index (χ3n) is 5.67. The SMILES string of the molecule is Cc1sc2nc([C@H](C)Sc3nnc(-c4cc5c(s4)CC[C@@H](C)C5)o3)[nH]c(=O)c2c1C. The quantitative estimate of drug-likeness (QED) is 0.395. The third kappa shape index (κ3) is 3.52. The number of thiophene rings is 2. The minimum atomic E-state index is -0.115.